The van der Waals surface area contributed by atoms with Crippen molar-refractivity contribution in [3.63, 3.8) is 0 Å². The highest BCUT2D eigenvalue weighted by Crippen LogP contribution is 2.25. The van der Waals surface area contributed by atoms with Gasteiger partial charge in [0.15, 0.2) is 0 Å². The molecule has 190 valence electrons. The van der Waals surface area contributed by atoms with Crippen molar-refractivity contribution in [2.24, 2.45) is 5.16 Å². The predicted molar refractivity (Wildman–Crippen MR) is 130 cm³/mol. The molecular formula is C26H34F2N4O3. The van der Waals surface area contributed by atoms with Gasteiger partial charge in [-0.2, -0.15) is 8.78 Å². The van der Waals surface area contributed by atoms with Gasteiger partial charge in [-0.25, -0.2) is 0 Å². The molecule has 1 aliphatic rings. The van der Waals surface area contributed by atoms with Crippen LogP contribution in [0.2, 0.25) is 0 Å². The van der Waals surface area contributed by atoms with Crippen LogP contribution >= 0.6 is 0 Å². The molecule has 0 unspecified atom stereocenters. The van der Waals surface area contributed by atoms with E-state index < -0.39 is 12.0 Å². The van der Waals surface area contributed by atoms with Crippen LogP contribution < -0.4 is 4.74 Å². The lowest BCUT2D eigenvalue weighted by molar-refractivity contribution is -0.205. The van der Waals surface area contributed by atoms with Crippen LogP contribution in [-0.4, -0.2) is 65.2 Å². The Morgan fingerprint density at radius 1 is 1.03 bits per heavy atom. The molecule has 2 aromatic rings. The van der Waals surface area contributed by atoms with Crippen LogP contribution in [-0.2, 0) is 16.2 Å². The highest BCUT2D eigenvalue weighted by Gasteiger charge is 2.46. The fourth-order valence-electron chi connectivity index (χ4n) is 3.84. The highest BCUT2D eigenvalue weighted by molar-refractivity contribution is 6.00. The molecule has 1 aromatic heterocycles. The molecule has 0 bridgehead atoms. The summed E-state index contributed by atoms with van der Waals surface area (Å²) in [7, 11) is 0. The Morgan fingerprint density at radius 2 is 1.71 bits per heavy atom. The Morgan fingerprint density at radius 3 is 2.34 bits per heavy atom. The van der Waals surface area contributed by atoms with Crippen LogP contribution in [0.4, 0.5) is 8.78 Å². The molecule has 1 saturated heterocycles. The Bertz CT molecular complexity index is 947. The Kier molecular flexibility index (Phi) is 9.96. The molecule has 0 saturated carbocycles. The number of piperazine rings is 1. The van der Waals surface area contributed by atoms with Gasteiger partial charge >= 0.3 is 12.0 Å². The van der Waals surface area contributed by atoms with Gasteiger partial charge in [0.25, 0.3) is 0 Å². The van der Waals surface area contributed by atoms with Crippen LogP contribution in [0.3, 0.4) is 0 Å². The second kappa shape index (κ2) is 13.1. The quantitative estimate of drug-likeness (QED) is 0.246. The maximum Gasteiger partial charge on any atom is 0.482 e. The summed E-state index contributed by atoms with van der Waals surface area (Å²) in [6, 6.07) is 9.75. The summed E-state index contributed by atoms with van der Waals surface area (Å²) in [5.41, 5.74) is 2.33. The minimum atomic E-state index is -3.93. The molecule has 1 aliphatic heterocycles. The van der Waals surface area contributed by atoms with Crippen LogP contribution in [0.25, 0.3) is 0 Å². The lowest BCUT2D eigenvalue weighted by Gasteiger charge is -2.35. The third-order valence-electron chi connectivity index (χ3n) is 5.91. The van der Waals surface area contributed by atoms with Gasteiger partial charge in [-0.15, -0.1) is 0 Å². The van der Waals surface area contributed by atoms with E-state index in [1.807, 2.05) is 19.1 Å². The van der Waals surface area contributed by atoms with Crippen molar-refractivity contribution in [1.82, 2.24) is 14.8 Å². The molecule has 0 N–H and O–H groups in total. The van der Waals surface area contributed by atoms with Crippen LogP contribution in [0.5, 0.6) is 5.75 Å². The average Bonchev–Trinajstić information content (AvgIpc) is 2.88. The average molecular weight is 489 g/mol. The van der Waals surface area contributed by atoms with E-state index in [1.165, 1.54) is 17.0 Å². The fourth-order valence-corrected chi connectivity index (χ4v) is 3.84. The normalized spacial score (nSPS) is 15.2. The summed E-state index contributed by atoms with van der Waals surface area (Å²) in [5, 5.41) is 4.17. The number of unbranched alkanes of at least 4 members (excludes halogenated alkanes) is 2. The number of ether oxygens (including phenoxy) is 1. The molecule has 1 amide bonds. The molecule has 1 fully saturated rings. The van der Waals surface area contributed by atoms with Crippen LogP contribution in [0.1, 0.15) is 50.7 Å². The second-order valence-electron chi connectivity index (χ2n) is 8.50. The maximum absolute atomic E-state index is 14.6. The van der Waals surface area contributed by atoms with Crippen molar-refractivity contribution < 1.29 is 23.1 Å². The highest BCUT2D eigenvalue weighted by atomic mass is 19.3. The first-order valence-electron chi connectivity index (χ1n) is 12.2. The first kappa shape index (κ1) is 26.5. The van der Waals surface area contributed by atoms with Gasteiger partial charge in [0, 0.05) is 38.6 Å². The van der Waals surface area contributed by atoms with E-state index in [-0.39, 0.29) is 18.8 Å². The predicted octanol–water partition coefficient (Wildman–Crippen LogP) is 4.72. The zero-order chi connectivity index (χ0) is 25.1. The second-order valence-corrected chi connectivity index (χ2v) is 8.50. The third-order valence-corrected chi connectivity index (χ3v) is 5.91. The molecule has 0 atom stereocenters. The van der Waals surface area contributed by atoms with Gasteiger partial charge in [-0.3, -0.25) is 14.7 Å². The van der Waals surface area contributed by atoms with Crippen molar-refractivity contribution in [2.45, 2.75) is 52.2 Å². The topological polar surface area (TPSA) is 67.3 Å². The smallest absolute Gasteiger partial charge is 0.425 e. The molecule has 2 heterocycles. The molecule has 1 aromatic carbocycles. The van der Waals surface area contributed by atoms with Crippen molar-refractivity contribution >= 4 is 11.6 Å². The number of hydrogen-bond donors (Lipinski definition) is 0. The van der Waals surface area contributed by atoms with Crippen molar-refractivity contribution in [3.05, 3.63) is 59.9 Å². The molecule has 35 heavy (non-hydrogen) atoms. The number of alkyl halides is 2. The number of hydrogen-bond acceptors (Lipinski definition) is 6. The number of nitrogens with zero attached hydrogens (tertiary/aromatic N) is 4. The van der Waals surface area contributed by atoms with E-state index in [0.717, 1.165) is 36.9 Å². The number of carbonyl (C=O) groups is 1. The summed E-state index contributed by atoms with van der Waals surface area (Å²) < 4.78 is 34.0. The monoisotopic (exact) mass is 488 g/mol. The summed E-state index contributed by atoms with van der Waals surface area (Å²) in [6.45, 7) is 7.06. The summed E-state index contributed by atoms with van der Waals surface area (Å²) >= 11 is 0. The van der Waals surface area contributed by atoms with Crippen LogP contribution in [0, 0.1) is 0 Å². The number of pyridine rings is 1. The Hall–Kier alpha value is -3.07. The number of oxime groups is 1. The van der Waals surface area contributed by atoms with Gasteiger partial charge in [0.2, 0.25) is 0 Å². The Labute approximate surface area is 205 Å². The van der Waals surface area contributed by atoms with Gasteiger partial charge < -0.3 is 14.5 Å². The van der Waals surface area contributed by atoms with Crippen LogP contribution in [0.15, 0.2) is 53.9 Å². The van der Waals surface area contributed by atoms with E-state index in [1.54, 1.807) is 24.5 Å². The number of carbonyl (C=O) groups excluding carboxylic acids is 1. The summed E-state index contributed by atoms with van der Waals surface area (Å²) in [6.07, 6.45) is 3.38. The van der Waals surface area contributed by atoms with Crippen molar-refractivity contribution in [2.75, 3.05) is 32.7 Å². The van der Waals surface area contributed by atoms with E-state index in [2.05, 4.69) is 22.0 Å². The van der Waals surface area contributed by atoms with E-state index >= 15 is 0 Å². The van der Waals surface area contributed by atoms with Gasteiger partial charge in [0.05, 0.1) is 5.71 Å². The largest absolute Gasteiger partial charge is 0.482 e. The molecule has 0 aliphatic carbocycles. The number of rotatable bonds is 12. The SMILES string of the molecule is CCCCCN1CCN(C(=O)C(F)(F)Oc2ccc(C(CC)=NOCc3ccncc3)cc2)CC1. The first-order chi connectivity index (χ1) is 16.9. The fraction of sp³-hybridized carbons (Fsp3) is 0.500. The molecule has 0 radical (unpaired) electrons. The van der Waals surface area contributed by atoms with Gasteiger partial charge in [0.1, 0.15) is 12.4 Å². The molecule has 3 rings (SSSR count). The summed E-state index contributed by atoms with van der Waals surface area (Å²) in [5.74, 6) is -1.38. The lowest BCUT2D eigenvalue weighted by Crippen LogP contribution is -2.54. The first-order valence-corrected chi connectivity index (χ1v) is 12.2. The lowest BCUT2D eigenvalue weighted by atomic mass is 10.1. The van der Waals surface area contributed by atoms with Gasteiger partial charge in [-0.1, -0.05) is 31.8 Å². The zero-order valence-electron chi connectivity index (χ0n) is 20.5. The standard InChI is InChI=1S/C26H34F2N4O3/c1-3-5-6-15-31-16-18-32(19-17-31)25(33)26(27,28)35-23-9-7-22(8-10-23)24(4-2)30-34-20-21-11-13-29-14-12-21/h7-14H,3-6,15-20H2,1-2H3. The number of halogens is 2. The molecule has 7 nitrogen and oxygen atoms in total. The third kappa shape index (κ3) is 7.99. The minimum Gasteiger partial charge on any atom is -0.425 e. The number of amides is 1. The van der Waals surface area contributed by atoms with Gasteiger partial charge in [-0.05, 0) is 66.9 Å². The number of benzene rings is 1. The zero-order valence-corrected chi connectivity index (χ0v) is 20.5. The van der Waals surface area contributed by atoms with Crippen molar-refractivity contribution in [1.29, 1.82) is 0 Å². The minimum absolute atomic E-state index is 0.0848. The van der Waals surface area contributed by atoms with E-state index in [0.29, 0.717) is 31.8 Å². The molecule has 0 spiro atoms. The molecule has 9 heteroatoms. The van der Waals surface area contributed by atoms with E-state index in [9.17, 15) is 13.6 Å². The number of aromatic nitrogens is 1. The summed E-state index contributed by atoms with van der Waals surface area (Å²) in [4.78, 5) is 25.2. The maximum atomic E-state index is 14.6. The molecular weight excluding hydrogens is 454 g/mol. The van der Waals surface area contributed by atoms with Crippen molar-refractivity contribution in [3.8, 4) is 5.75 Å². The van der Waals surface area contributed by atoms with E-state index in [4.69, 9.17) is 9.57 Å². The Balaban J connectivity index is 1.52.